The summed E-state index contributed by atoms with van der Waals surface area (Å²) in [5.74, 6) is 0.375. The first kappa shape index (κ1) is 29.2. The zero-order valence-electron chi connectivity index (χ0n) is 19.5. The molecule has 1 N–H and O–H groups in total. The zero-order valence-corrected chi connectivity index (χ0v) is 20.3. The number of ether oxygens (including phenoxy) is 1. The van der Waals surface area contributed by atoms with Gasteiger partial charge in [0.25, 0.3) is 0 Å². The molecular weight excluding hydrogens is 492 g/mol. The van der Waals surface area contributed by atoms with E-state index in [-0.39, 0.29) is 24.7 Å². The van der Waals surface area contributed by atoms with E-state index in [0.29, 0.717) is 29.9 Å². The molecule has 3 atom stereocenters. The molecule has 0 amide bonds. The van der Waals surface area contributed by atoms with Crippen molar-refractivity contribution in [2.24, 2.45) is 0 Å². The van der Waals surface area contributed by atoms with Crippen molar-refractivity contribution in [1.29, 1.82) is 0 Å². The molecule has 0 heterocycles. The summed E-state index contributed by atoms with van der Waals surface area (Å²) >= 11 is -1.46. The van der Waals surface area contributed by atoms with Crippen molar-refractivity contribution in [2.75, 3.05) is 12.4 Å². The van der Waals surface area contributed by atoms with Gasteiger partial charge in [0.1, 0.15) is 11.3 Å². The molecule has 0 aromatic heterocycles. The largest absolute Gasteiger partial charge is 0.598 e. The highest BCUT2D eigenvalue weighted by molar-refractivity contribution is 7.89. The van der Waals surface area contributed by atoms with E-state index in [2.05, 4.69) is 11.3 Å². The van der Waals surface area contributed by atoms with Crippen LogP contribution in [0.2, 0.25) is 0 Å². The van der Waals surface area contributed by atoms with Gasteiger partial charge in [0.05, 0.1) is 23.8 Å². The predicted molar refractivity (Wildman–Crippen MR) is 125 cm³/mol. The van der Waals surface area contributed by atoms with Gasteiger partial charge in [-0.15, -0.1) is 11.3 Å². The van der Waals surface area contributed by atoms with Gasteiger partial charge in [-0.05, 0) is 49.1 Å². The Hall–Kier alpha value is -2.01. The molecule has 0 radical (unpaired) electrons. The molecule has 0 aliphatic rings. The molecule has 35 heavy (non-hydrogen) atoms. The first-order valence-corrected chi connectivity index (χ1v) is 12.4. The number of halogens is 6. The minimum Gasteiger partial charge on any atom is -0.598 e. The molecule has 2 unspecified atom stereocenters. The third kappa shape index (κ3) is 8.27. The van der Waals surface area contributed by atoms with Gasteiger partial charge in [-0.3, -0.25) is 0 Å². The quantitative estimate of drug-likeness (QED) is 0.181. The van der Waals surface area contributed by atoms with Crippen molar-refractivity contribution < 1.29 is 35.6 Å². The number of nitrogens with one attached hydrogen (secondary N) is 1. The van der Waals surface area contributed by atoms with Gasteiger partial charge in [0, 0.05) is 11.4 Å². The number of alkyl halides is 6. The number of hydrogen-bond acceptors (Lipinski definition) is 3. The molecule has 0 aliphatic carbocycles. The third-order valence-corrected chi connectivity index (χ3v) is 6.75. The molecule has 0 bridgehead atoms. The van der Waals surface area contributed by atoms with Crippen LogP contribution < -0.4 is 4.72 Å². The van der Waals surface area contributed by atoms with Crippen LogP contribution in [0.1, 0.15) is 61.5 Å². The summed E-state index contributed by atoms with van der Waals surface area (Å²) in [6, 6.07) is 10.3. The molecule has 2 aromatic carbocycles. The molecule has 3 nitrogen and oxygen atoms in total. The molecule has 0 spiro atoms. The van der Waals surface area contributed by atoms with E-state index in [9.17, 15) is 30.9 Å². The Morgan fingerprint density at radius 1 is 1.00 bits per heavy atom. The van der Waals surface area contributed by atoms with Gasteiger partial charge in [-0.2, -0.15) is 26.3 Å². The Morgan fingerprint density at radius 3 is 2.06 bits per heavy atom. The van der Waals surface area contributed by atoms with Crippen molar-refractivity contribution in [3.05, 3.63) is 83.4 Å². The fraction of sp³-hybridized carbons (Fsp3) is 0.440. The monoisotopic (exact) mass is 521 g/mol. The Balaban J connectivity index is 2.40. The Labute approximate surface area is 204 Å². The van der Waals surface area contributed by atoms with Gasteiger partial charge >= 0.3 is 12.4 Å². The van der Waals surface area contributed by atoms with E-state index in [1.807, 2.05) is 6.92 Å². The lowest BCUT2D eigenvalue weighted by atomic mass is 9.88. The Bertz CT molecular complexity index is 919. The van der Waals surface area contributed by atoms with E-state index in [4.69, 9.17) is 4.74 Å². The van der Waals surface area contributed by atoms with Crippen LogP contribution in [0, 0.1) is 0 Å². The molecule has 10 heteroatoms. The van der Waals surface area contributed by atoms with Crippen molar-refractivity contribution in [2.45, 2.75) is 57.1 Å². The molecule has 0 aliphatic heterocycles. The van der Waals surface area contributed by atoms with E-state index >= 15 is 0 Å². The van der Waals surface area contributed by atoms with Crippen molar-refractivity contribution in [3.8, 4) is 0 Å². The number of unbranched alkanes of at least 4 members (excludes halogenated alkanes) is 1. The van der Waals surface area contributed by atoms with Gasteiger partial charge in [-0.1, -0.05) is 49.8 Å². The summed E-state index contributed by atoms with van der Waals surface area (Å²) in [5, 5.41) is 0. The van der Waals surface area contributed by atoms with Crippen molar-refractivity contribution >= 4 is 11.4 Å². The van der Waals surface area contributed by atoms with Crippen LogP contribution in [0.3, 0.4) is 0 Å². The highest BCUT2D eigenvalue weighted by Crippen LogP contribution is 2.38. The van der Waals surface area contributed by atoms with Crippen LogP contribution in [-0.2, 0) is 34.0 Å². The SMILES string of the molecule is C=CC[C@](COC(C)c1cc(C(F)(F)F)cc(C(F)(F)F)c1)(N[S+]([O-])CCCC)c1ccccc1. The van der Waals surface area contributed by atoms with E-state index < -0.39 is 46.5 Å². The lowest BCUT2D eigenvalue weighted by Crippen LogP contribution is -2.49. The van der Waals surface area contributed by atoms with Crippen molar-refractivity contribution in [3.63, 3.8) is 0 Å². The number of benzene rings is 2. The summed E-state index contributed by atoms with van der Waals surface area (Å²) in [7, 11) is 0. The fourth-order valence-electron chi connectivity index (χ4n) is 3.52. The van der Waals surface area contributed by atoms with Gasteiger partial charge in [0.15, 0.2) is 0 Å². The van der Waals surface area contributed by atoms with Crippen molar-refractivity contribution in [1.82, 2.24) is 4.72 Å². The first-order chi connectivity index (χ1) is 16.3. The molecule has 0 saturated carbocycles. The average molecular weight is 522 g/mol. The van der Waals surface area contributed by atoms with Crippen LogP contribution in [0.25, 0.3) is 0 Å². The van der Waals surface area contributed by atoms with E-state index in [0.717, 1.165) is 6.42 Å². The highest BCUT2D eigenvalue weighted by Gasteiger charge is 2.39. The van der Waals surface area contributed by atoms with Crippen LogP contribution in [0.5, 0.6) is 0 Å². The lowest BCUT2D eigenvalue weighted by Gasteiger charge is -2.35. The highest BCUT2D eigenvalue weighted by atomic mass is 32.2. The van der Waals surface area contributed by atoms with Gasteiger partial charge < -0.3 is 9.29 Å². The maximum Gasteiger partial charge on any atom is 0.416 e. The average Bonchev–Trinajstić information content (AvgIpc) is 2.80. The Kier molecular flexibility index (Phi) is 10.3. The minimum absolute atomic E-state index is 0.0840. The molecule has 194 valence electrons. The zero-order chi connectivity index (χ0) is 26.3. The second-order valence-corrected chi connectivity index (χ2v) is 9.54. The molecule has 0 fully saturated rings. The smallest absolute Gasteiger partial charge is 0.416 e. The molecule has 2 aromatic rings. The standard InChI is InChI=1S/C25H29F6NO2S/c1-4-6-13-35(33)32-23(12-5-2,20-10-8-7-9-11-20)17-34-18(3)19-14-21(24(26,27)28)16-22(15-19)25(29,30)31/h5,7-11,14-16,18,32H,2,4,6,12-13,17H2,1,3H3/t18?,23-,35?/m1/s1. The molecule has 2 rings (SSSR count). The fourth-order valence-corrected chi connectivity index (χ4v) is 4.86. The summed E-state index contributed by atoms with van der Waals surface area (Å²) in [4.78, 5) is 0. The molecular formula is C25H29F6NO2S. The molecule has 0 saturated heterocycles. The second-order valence-electron chi connectivity index (χ2n) is 8.24. The Morgan fingerprint density at radius 2 is 1.57 bits per heavy atom. The summed E-state index contributed by atoms with van der Waals surface area (Å²) < 4.78 is 101. The number of rotatable bonds is 12. The summed E-state index contributed by atoms with van der Waals surface area (Å²) in [6.07, 6.45) is -7.63. The topological polar surface area (TPSA) is 44.3 Å². The maximum atomic E-state index is 13.3. The summed E-state index contributed by atoms with van der Waals surface area (Å²) in [5.41, 5.74) is -3.42. The lowest BCUT2D eigenvalue weighted by molar-refractivity contribution is -0.143. The van der Waals surface area contributed by atoms with Crippen LogP contribution >= 0.6 is 0 Å². The first-order valence-electron chi connectivity index (χ1n) is 11.1. The van der Waals surface area contributed by atoms with Crippen LogP contribution in [0.15, 0.2) is 61.2 Å². The summed E-state index contributed by atoms with van der Waals surface area (Å²) in [6.45, 7) is 6.93. The predicted octanol–water partition coefficient (Wildman–Crippen LogP) is 7.33. The van der Waals surface area contributed by atoms with Crippen LogP contribution in [-0.4, -0.2) is 16.9 Å². The van der Waals surface area contributed by atoms with Gasteiger partial charge in [-0.25, -0.2) is 0 Å². The van der Waals surface area contributed by atoms with E-state index in [1.54, 1.807) is 36.4 Å². The third-order valence-electron chi connectivity index (χ3n) is 5.47. The van der Waals surface area contributed by atoms with Gasteiger partial charge in [0.2, 0.25) is 0 Å². The minimum atomic E-state index is -4.95. The normalized spacial score (nSPS) is 15.9. The second kappa shape index (κ2) is 12.3. The number of hydrogen-bond donors (Lipinski definition) is 1. The van der Waals surface area contributed by atoms with E-state index in [1.165, 1.54) is 6.92 Å². The van der Waals surface area contributed by atoms with Crippen LogP contribution in [0.4, 0.5) is 26.3 Å². The maximum absolute atomic E-state index is 13.3.